The number of hydrogen-bond donors (Lipinski definition) is 2. The van der Waals surface area contributed by atoms with Crippen LogP contribution in [0.25, 0.3) is 0 Å². The molecule has 2 aromatic carbocycles. The van der Waals surface area contributed by atoms with E-state index < -0.39 is 17.5 Å². The van der Waals surface area contributed by atoms with E-state index in [-0.39, 0.29) is 28.5 Å². The topological polar surface area (TPSA) is 85.8 Å². The number of halogens is 3. The summed E-state index contributed by atoms with van der Waals surface area (Å²) in [5.74, 6) is -2.40. The maximum Gasteiger partial charge on any atom is 0.257 e. The number of phenols is 1. The van der Waals surface area contributed by atoms with Crippen molar-refractivity contribution in [3.05, 3.63) is 82.5 Å². The van der Waals surface area contributed by atoms with E-state index in [4.69, 9.17) is 11.6 Å². The first kappa shape index (κ1) is 22.5. The number of anilines is 2. The molecule has 0 atom stereocenters. The average Bonchev–Trinajstić information content (AvgIpc) is 2.79. The zero-order valence-corrected chi connectivity index (χ0v) is 18.0. The Morgan fingerprint density at radius 3 is 2.27 bits per heavy atom. The van der Waals surface area contributed by atoms with Crippen LogP contribution in [0.2, 0.25) is 5.02 Å². The van der Waals surface area contributed by atoms with Gasteiger partial charge >= 0.3 is 0 Å². The normalized spacial score (nSPS) is 13.7. The molecule has 1 aliphatic heterocycles. The Kier molecular flexibility index (Phi) is 6.41. The van der Waals surface area contributed by atoms with Gasteiger partial charge < -0.3 is 20.2 Å². The molecule has 1 aromatic heterocycles. The smallest absolute Gasteiger partial charge is 0.257 e. The molecule has 0 aliphatic carbocycles. The van der Waals surface area contributed by atoms with Crippen molar-refractivity contribution in [3.8, 4) is 5.75 Å². The number of aromatic hydroxyl groups is 1. The van der Waals surface area contributed by atoms with Crippen molar-refractivity contribution in [1.29, 1.82) is 0 Å². The van der Waals surface area contributed by atoms with Crippen LogP contribution in [0, 0.1) is 11.6 Å². The summed E-state index contributed by atoms with van der Waals surface area (Å²) in [7, 11) is 0. The number of carbonyl (C=O) groups is 2. The third-order valence-corrected chi connectivity index (χ3v) is 5.44. The van der Waals surface area contributed by atoms with Crippen LogP contribution < -0.4 is 10.2 Å². The lowest BCUT2D eigenvalue weighted by atomic mass is 10.1. The predicted octanol–water partition coefficient (Wildman–Crippen LogP) is 3.93. The summed E-state index contributed by atoms with van der Waals surface area (Å²) in [6.07, 6.45) is 1.57. The standard InChI is InChI=1S/C23H19ClF2N4O3/c24-15-1-4-21(27-13-15)29-5-7-30(8-6-29)23(33)19-3-2-18(12-20(19)31)28-22(32)14-9-16(25)11-17(26)10-14/h1-4,9-13,31H,5-8H2,(H,28,32). The van der Waals surface area contributed by atoms with Crippen LogP contribution in [0.1, 0.15) is 20.7 Å². The molecule has 3 aromatic rings. The molecule has 0 unspecified atom stereocenters. The van der Waals surface area contributed by atoms with Gasteiger partial charge in [-0.05, 0) is 36.4 Å². The number of pyridine rings is 1. The quantitative estimate of drug-likeness (QED) is 0.601. The maximum absolute atomic E-state index is 13.3. The SMILES string of the molecule is O=C(Nc1ccc(C(=O)N2CCN(c3ccc(Cl)cn3)CC2)c(O)c1)c1cc(F)cc(F)c1. The number of piperazine rings is 1. The molecule has 0 saturated carbocycles. The highest BCUT2D eigenvalue weighted by Crippen LogP contribution is 2.25. The van der Waals surface area contributed by atoms with Gasteiger partial charge in [0.2, 0.25) is 0 Å². The third kappa shape index (κ3) is 5.20. The van der Waals surface area contributed by atoms with Crippen molar-refractivity contribution < 1.29 is 23.5 Å². The molecule has 2 heterocycles. The Morgan fingerprint density at radius 2 is 1.67 bits per heavy atom. The minimum absolute atomic E-state index is 0.0860. The summed E-state index contributed by atoms with van der Waals surface area (Å²) in [5, 5.41) is 13.4. The molecule has 1 fully saturated rings. The van der Waals surface area contributed by atoms with E-state index in [1.165, 1.54) is 18.2 Å². The number of benzene rings is 2. The van der Waals surface area contributed by atoms with Crippen LogP contribution in [0.4, 0.5) is 20.3 Å². The van der Waals surface area contributed by atoms with Crippen molar-refractivity contribution >= 4 is 34.9 Å². The second kappa shape index (κ2) is 9.41. The largest absolute Gasteiger partial charge is 0.507 e. The van der Waals surface area contributed by atoms with Crippen molar-refractivity contribution in [1.82, 2.24) is 9.88 Å². The van der Waals surface area contributed by atoms with Gasteiger partial charge in [0.1, 0.15) is 23.2 Å². The van der Waals surface area contributed by atoms with Gasteiger partial charge in [0.15, 0.2) is 0 Å². The number of aromatic nitrogens is 1. The van der Waals surface area contributed by atoms with E-state index in [0.717, 1.165) is 18.0 Å². The van der Waals surface area contributed by atoms with Crippen molar-refractivity contribution in [3.63, 3.8) is 0 Å². The molecule has 1 aliphatic rings. The molecule has 1 saturated heterocycles. The molecule has 2 N–H and O–H groups in total. The molecule has 2 amide bonds. The highest BCUT2D eigenvalue weighted by Gasteiger charge is 2.25. The molecule has 170 valence electrons. The molecular formula is C23H19ClF2N4O3. The monoisotopic (exact) mass is 472 g/mol. The van der Waals surface area contributed by atoms with Gasteiger partial charge in [-0.1, -0.05) is 11.6 Å². The molecular weight excluding hydrogens is 454 g/mol. The lowest BCUT2D eigenvalue weighted by Gasteiger charge is -2.35. The van der Waals surface area contributed by atoms with Crippen molar-refractivity contribution in [2.45, 2.75) is 0 Å². The van der Waals surface area contributed by atoms with Crippen molar-refractivity contribution in [2.75, 3.05) is 36.4 Å². The summed E-state index contributed by atoms with van der Waals surface area (Å²) in [6.45, 7) is 2.01. The number of rotatable bonds is 4. The molecule has 33 heavy (non-hydrogen) atoms. The fourth-order valence-electron chi connectivity index (χ4n) is 3.54. The Balaban J connectivity index is 1.40. The van der Waals surface area contributed by atoms with E-state index in [0.29, 0.717) is 37.3 Å². The molecule has 0 radical (unpaired) electrons. The lowest BCUT2D eigenvalue weighted by Crippen LogP contribution is -2.49. The number of nitrogens with zero attached hydrogens (tertiary/aromatic N) is 3. The summed E-state index contributed by atoms with van der Waals surface area (Å²) in [6, 6.07) is 10.1. The number of phenolic OH excluding ortho intramolecular Hbond substituents is 1. The van der Waals surface area contributed by atoms with Gasteiger partial charge in [-0.25, -0.2) is 13.8 Å². The molecule has 0 spiro atoms. The van der Waals surface area contributed by atoms with Gasteiger partial charge in [0, 0.05) is 55.8 Å². The van der Waals surface area contributed by atoms with Gasteiger partial charge in [-0.3, -0.25) is 9.59 Å². The van der Waals surface area contributed by atoms with Crippen LogP contribution >= 0.6 is 11.6 Å². The number of nitrogens with one attached hydrogen (secondary N) is 1. The molecule has 4 rings (SSSR count). The number of hydrogen-bond acceptors (Lipinski definition) is 5. The summed E-state index contributed by atoms with van der Waals surface area (Å²) in [5.41, 5.74) is 0.0559. The fourth-order valence-corrected chi connectivity index (χ4v) is 3.65. The first-order valence-electron chi connectivity index (χ1n) is 10.1. The zero-order chi connectivity index (χ0) is 23.5. The van der Waals surface area contributed by atoms with Crippen LogP contribution in [0.5, 0.6) is 5.75 Å². The van der Waals surface area contributed by atoms with E-state index in [9.17, 15) is 23.5 Å². The molecule has 7 nitrogen and oxygen atoms in total. The van der Waals surface area contributed by atoms with Crippen LogP contribution in [0.15, 0.2) is 54.7 Å². The van der Waals surface area contributed by atoms with Gasteiger partial charge in [-0.2, -0.15) is 0 Å². The zero-order valence-electron chi connectivity index (χ0n) is 17.3. The van der Waals surface area contributed by atoms with Crippen LogP contribution in [0.3, 0.4) is 0 Å². The van der Waals surface area contributed by atoms with Crippen LogP contribution in [-0.4, -0.2) is 53.0 Å². The first-order chi connectivity index (χ1) is 15.8. The Bertz CT molecular complexity index is 1180. The van der Waals surface area contributed by atoms with E-state index >= 15 is 0 Å². The van der Waals surface area contributed by atoms with Gasteiger partial charge in [0.25, 0.3) is 11.8 Å². The van der Waals surface area contributed by atoms with Gasteiger partial charge in [-0.15, -0.1) is 0 Å². The second-order valence-electron chi connectivity index (χ2n) is 7.46. The van der Waals surface area contributed by atoms with Crippen molar-refractivity contribution in [2.24, 2.45) is 0 Å². The minimum atomic E-state index is -0.879. The first-order valence-corrected chi connectivity index (χ1v) is 10.4. The fraction of sp³-hybridized carbons (Fsp3) is 0.174. The minimum Gasteiger partial charge on any atom is -0.507 e. The predicted molar refractivity (Wildman–Crippen MR) is 120 cm³/mol. The van der Waals surface area contributed by atoms with E-state index in [1.807, 2.05) is 11.0 Å². The molecule has 10 heteroatoms. The summed E-state index contributed by atoms with van der Waals surface area (Å²) < 4.78 is 26.7. The number of carbonyl (C=O) groups excluding carboxylic acids is 2. The maximum atomic E-state index is 13.3. The second-order valence-corrected chi connectivity index (χ2v) is 7.89. The average molecular weight is 473 g/mol. The lowest BCUT2D eigenvalue weighted by molar-refractivity contribution is 0.0743. The summed E-state index contributed by atoms with van der Waals surface area (Å²) >= 11 is 5.87. The van der Waals surface area contributed by atoms with E-state index in [2.05, 4.69) is 10.3 Å². The van der Waals surface area contributed by atoms with Gasteiger partial charge in [0.05, 0.1) is 10.6 Å². The molecule has 0 bridgehead atoms. The third-order valence-electron chi connectivity index (χ3n) is 5.21. The Morgan fingerprint density at radius 1 is 0.970 bits per heavy atom. The highest BCUT2D eigenvalue weighted by molar-refractivity contribution is 6.30. The Labute approximate surface area is 193 Å². The number of amides is 2. The summed E-state index contributed by atoms with van der Waals surface area (Å²) in [4.78, 5) is 33.1. The highest BCUT2D eigenvalue weighted by atomic mass is 35.5. The van der Waals surface area contributed by atoms with Crippen LogP contribution in [-0.2, 0) is 0 Å². The Hall–Kier alpha value is -3.72. The van der Waals surface area contributed by atoms with E-state index in [1.54, 1.807) is 17.2 Å².